The third kappa shape index (κ3) is 5.08. The van der Waals surface area contributed by atoms with Crippen LogP contribution in [-0.4, -0.2) is 38.5 Å². The molecule has 1 saturated heterocycles. The number of hydrogen-bond acceptors (Lipinski definition) is 3. The number of piperidine rings is 1. The minimum absolute atomic E-state index is 0.0118. The fraction of sp³-hybridized carbons (Fsp3) is 0.667. The van der Waals surface area contributed by atoms with E-state index in [-0.39, 0.29) is 17.2 Å². The first kappa shape index (κ1) is 19.0. The molecule has 1 fully saturated rings. The molecule has 1 aliphatic rings. The second kappa shape index (κ2) is 7.70. The second-order valence-corrected chi connectivity index (χ2v) is 13.0. The predicted octanol–water partition coefficient (Wildman–Crippen LogP) is 4.96. The summed E-state index contributed by atoms with van der Waals surface area (Å²) in [6.45, 7) is 13.9. The molecule has 0 amide bonds. The molecule has 0 unspecified atom stereocenters. The van der Waals surface area contributed by atoms with Gasteiger partial charge in [-0.3, -0.25) is 4.90 Å². The Balaban J connectivity index is 2.09. The van der Waals surface area contributed by atoms with E-state index in [1.165, 1.54) is 5.56 Å². The van der Waals surface area contributed by atoms with Crippen molar-refractivity contribution in [1.82, 2.24) is 4.90 Å². The number of likely N-dealkylation sites (tertiary alicyclic amines) is 1. The van der Waals surface area contributed by atoms with E-state index in [2.05, 4.69) is 73.1 Å². The third-order valence-corrected chi connectivity index (χ3v) is 9.73. The summed E-state index contributed by atoms with van der Waals surface area (Å²) in [5.41, 5.74) is 10.1. The van der Waals surface area contributed by atoms with Crippen LogP contribution in [0, 0.1) is 0 Å². The average Bonchev–Trinajstić information content (AvgIpc) is 2.46. The van der Waals surface area contributed by atoms with Gasteiger partial charge in [0.1, 0.15) is 0 Å². The molecule has 2 atom stereocenters. The quantitative estimate of drug-likeness (QED) is 0.327. The lowest BCUT2D eigenvalue weighted by molar-refractivity contribution is 0.0637. The lowest BCUT2D eigenvalue weighted by Gasteiger charge is -2.43. The number of rotatable bonds is 5. The molecular formula is C18H30N4OSi. The summed E-state index contributed by atoms with van der Waals surface area (Å²) < 4.78 is 6.60. The van der Waals surface area contributed by atoms with E-state index in [1.807, 2.05) is 6.07 Å². The van der Waals surface area contributed by atoms with E-state index >= 15 is 0 Å². The fourth-order valence-corrected chi connectivity index (χ4v) is 4.28. The molecule has 6 heteroatoms. The van der Waals surface area contributed by atoms with Crippen molar-refractivity contribution in [3.05, 3.63) is 46.3 Å². The van der Waals surface area contributed by atoms with Crippen LogP contribution in [0.1, 0.15) is 32.8 Å². The summed E-state index contributed by atoms with van der Waals surface area (Å²) in [6.07, 6.45) is 0.959. The summed E-state index contributed by atoms with van der Waals surface area (Å²) in [6, 6.07) is 10.4. The Kier molecular flexibility index (Phi) is 6.10. The van der Waals surface area contributed by atoms with Gasteiger partial charge in [0, 0.05) is 24.5 Å². The molecule has 0 saturated carbocycles. The molecule has 1 aliphatic heterocycles. The zero-order chi connectivity index (χ0) is 17.8. The lowest BCUT2D eigenvalue weighted by Crippen LogP contribution is -2.51. The molecule has 2 rings (SSSR count). The Morgan fingerprint density at radius 2 is 1.92 bits per heavy atom. The van der Waals surface area contributed by atoms with E-state index in [9.17, 15) is 0 Å². The molecule has 0 N–H and O–H groups in total. The van der Waals surface area contributed by atoms with Crippen molar-refractivity contribution >= 4 is 8.32 Å². The van der Waals surface area contributed by atoms with Crippen LogP contribution in [0.15, 0.2) is 35.4 Å². The predicted molar refractivity (Wildman–Crippen MR) is 101 cm³/mol. The Hall–Kier alpha value is -1.33. The van der Waals surface area contributed by atoms with Gasteiger partial charge in [-0.25, -0.2) is 0 Å². The molecule has 0 radical (unpaired) electrons. The molecule has 1 aromatic carbocycles. The minimum Gasteiger partial charge on any atom is -0.413 e. The van der Waals surface area contributed by atoms with Gasteiger partial charge in [-0.05, 0) is 35.6 Å². The number of hydrogen-bond donors (Lipinski definition) is 0. The van der Waals surface area contributed by atoms with Crippen molar-refractivity contribution < 1.29 is 4.43 Å². The van der Waals surface area contributed by atoms with Gasteiger partial charge in [-0.15, -0.1) is 0 Å². The largest absolute Gasteiger partial charge is 0.413 e. The number of benzene rings is 1. The molecule has 0 spiro atoms. The first-order valence-corrected chi connectivity index (χ1v) is 11.6. The van der Waals surface area contributed by atoms with Gasteiger partial charge in [-0.1, -0.05) is 56.2 Å². The highest BCUT2D eigenvalue weighted by atomic mass is 28.4. The molecule has 132 valence electrons. The van der Waals surface area contributed by atoms with Gasteiger partial charge in [0.2, 0.25) is 0 Å². The van der Waals surface area contributed by atoms with Crippen LogP contribution in [0.3, 0.4) is 0 Å². The van der Waals surface area contributed by atoms with Crippen LogP contribution < -0.4 is 0 Å². The summed E-state index contributed by atoms with van der Waals surface area (Å²) in [7, 11) is -1.83. The third-order valence-electron chi connectivity index (χ3n) is 5.20. The van der Waals surface area contributed by atoms with Crippen molar-refractivity contribution in [1.29, 1.82) is 0 Å². The minimum atomic E-state index is -1.83. The first-order chi connectivity index (χ1) is 11.2. The molecule has 1 heterocycles. The van der Waals surface area contributed by atoms with Crippen LogP contribution in [0.2, 0.25) is 18.1 Å². The summed E-state index contributed by atoms with van der Waals surface area (Å²) in [5, 5.41) is 4.18. The Morgan fingerprint density at radius 3 is 2.50 bits per heavy atom. The van der Waals surface area contributed by atoms with Crippen LogP contribution >= 0.6 is 0 Å². The molecule has 0 aliphatic carbocycles. The van der Waals surface area contributed by atoms with Gasteiger partial charge >= 0.3 is 0 Å². The standard InChI is InChI=1S/C18H30N4OSi/c1-18(2,3)24(4,5)23-17-11-16(20-21-19)13-22(14-17)12-15-9-7-6-8-10-15/h6-10,16-17H,11-14H2,1-5H3/t16-,17+/m0/s1. The van der Waals surface area contributed by atoms with E-state index in [0.29, 0.717) is 0 Å². The van der Waals surface area contributed by atoms with Gasteiger partial charge < -0.3 is 4.43 Å². The van der Waals surface area contributed by atoms with E-state index in [0.717, 1.165) is 26.1 Å². The zero-order valence-electron chi connectivity index (χ0n) is 15.6. The zero-order valence-corrected chi connectivity index (χ0v) is 16.6. The Bertz CT molecular complexity index is 578. The number of nitrogens with zero attached hydrogens (tertiary/aromatic N) is 4. The first-order valence-electron chi connectivity index (χ1n) is 8.69. The van der Waals surface area contributed by atoms with Crippen LogP contribution in [0.5, 0.6) is 0 Å². The van der Waals surface area contributed by atoms with Gasteiger partial charge in [0.25, 0.3) is 0 Å². The highest BCUT2D eigenvalue weighted by Gasteiger charge is 2.40. The van der Waals surface area contributed by atoms with Gasteiger partial charge in [0.15, 0.2) is 8.32 Å². The Morgan fingerprint density at radius 1 is 1.25 bits per heavy atom. The van der Waals surface area contributed by atoms with E-state index in [1.54, 1.807) is 0 Å². The smallest absolute Gasteiger partial charge is 0.192 e. The summed E-state index contributed by atoms with van der Waals surface area (Å²) >= 11 is 0. The molecule has 24 heavy (non-hydrogen) atoms. The maximum atomic E-state index is 8.85. The lowest BCUT2D eigenvalue weighted by atomic mass is 10.0. The van der Waals surface area contributed by atoms with E-state index < -0.39 is 8.32 Å². The summed E-state index contributed by atoms with van der Waals surface area (Å²) in [5.74, 6) is 0. The van der Waals surface area contributed by atoms with Crippen LogP contribution in [0.25, 0.3) is 10.4 Å². The number of azide groups is 1. The maximum Gasteiger partial charge on any atom is 0.192 e. The van der Waals surface area contributed by atoms with Crippen LogP contribution in [-0.2, 0) is 11.0 Å². The monoisotopic (exact) mass is 346 g/mol. The highest BCUT2D eigenvalue weighted by molar-refractivity contribution is 6.74. The van der Waals surface area contributed by atoms with Crippen molar-refractivity contribution in [3.63, 3.8) is 0 Å². The molecule has 5 nitrogen and oxygen atoms in total. The molecular weight excluding hydrogens is 316 g/mol. The SMILES string of the molecule is CC(C)(C)[Si](C)(C)O[C@@H]1C[C@H](N=[N+]=[N-])CN(Cc2ccccc2)C1. The normalized spacial score (nSPS) is 22.9. The van der Waals surface area contributed by atoms with E-state index in [4.69, 9.17) is 9.96 Å². The topological polar surface area (TPSA) is 61.2 Å². The molecule has 1 aromatic rings. The van der Waals surface area contributed by atoms with Crippen molar-refractivity contribution in [2.45, 2.75) is 64.0 Å². The maximum absolute atomic E-state index is 8.85. The molecule has 0 aromatic heterocycles. The molecule has 0 bridgehead atoms. The van der Waals surface area contributed by atoms with Crippen molar-refractivity contribution in [3.8, 4) is 0 Å². The second-order valence-electron chi connectivity index (χ2n) is 8.27. The van der Waals surface area contributed by atoms with Crippen molar-refractivity contribution in [2.24, 2.45) is 5.11 Å². The summed E-state index contributed by atoms with van der Waals surface area (Å²) in [4.78, 5) is 5.39. The fourth-order valence-electron chi connectivity index (χ4n) is 2.92. The van der Waals surface area contributed by atoms with Crippen molar-refractivity contribution in [2.75, 3.05) is 13.1 Å². The van der Waals surface area contributed by atoms with Crippen LogP contribution in [0.4, 0.5) is 0 Å². The highest BCUT2D eigenvalue weighted by Crippen LogP contribution is 2.38. The Labute approximate surface area is 146 Å². The average molecular weight is 347 g/mol. The van der Waals surface area contributed by atoms with Gasteiger partial charge in [-0.2, -0.15) is 0 Å². The van der Waals surface area contributed by atoms with Gasteiger partial charge in [0.05, 0.1) is 12.1 Å².